The molecule has 5 amide bonds. The fourth-order valence-electron chi connectivity index (χ4n) is 5.01. The standard InChI is InChI=1S/C30H46N6O6/c1-29(2,3)42-28(41)32-22(19-34(4)5)26(39)36-17-11-14-23(36)24(37)33-30(15-16-30)27(40)31-21(25(38)35(6)7)18-20-12-9-8-10-13-20/h8-10,12-13,21-23H,11,14-19H2,1-7H3,(H,31,40)(H,32,41)(H,33,37)/t21-,22-,23+/m0/s1. The molecule has 3 N–H and O–H groups in total. The van der Waals surface area contributed by atoms with Gasteiger partial charge < -0.3 is 35.4 Å². The Hall–Kier alpha value is -3.67. The Labute approximate surface area is 248 Å². The molecule has 1 saturated carbocycles. The Morgan fingerprint density at radius 2 is 1.64 bits per heavy atom. The van der Waals surface area contributed by atoms with Gasteiger partial charge in [-0.1, -0.05) is 30.3 Å². The molecule has 2 fully saturated rings. The molecule has 1 aliphatic heterocycles. The summed E-state index contributed by atoms with van der Waals surface area (Å²) < 4.78 is 5.35. The molecule has 0 aromatic heterocycles. The number of rotatable bonds is 11. The molecule has 0 bridgehead atoms. The maximum atomic E-state index is 13.6. The molecule has 1 aromatic carbocycles. The van der Waals surface area contributed by atoms with Gasteiger partial charge in [0.25, 0.3) is 0 Å². The third kappa shape index (κ3) is 8.91. The summed E-state index contributed by atoms with van der Waals surface area (Å²) in [6, 6.07) is 6.92. The number of ether oxygens (including phenoxy) is 1. The molecule has 0 spiro atoms. The van der Waals surface area contributed by atoms with Gasteiger partial charge in [-0.15, -0.1) is 0 Å². The van der Waals surface area contributed by atoms with Gasteiger partial charge in [0, 0.05) is 33.6 Å². The number of hydrogen-bond acceptors (Lipinski definition) is 7. The molecule has 3 atom stereocenters. The van der Waals surface area contributed by atoms with Crippen molar-refractivity contribution < 1.29 is 28.7 Å². The van der Waals surface area contributed by atoms with Crippen molar-refractivity contribution in [2.75, 3.05) is 41.3 Å². The maximum Gasteiger partial charge on any atom is 0.408 e. The first-order valence-corrected chi connectivity index (χ1v) is 14.4. The van der Waals surface area contributed by atoms with E-state index in [1.54, 1.807) is 53.9 Å². The van der Waals surface area contributed by atoms with Gasteiger partial charge in [0.05, 0.1) is 0 Å². The number of likely N-dealkylation sites (tertiary alicyclic amines) is 1. The zero-order chi connectivity index (χ0) is 31.2. The number of hydrogen-bond donors (Lipinski definition) is 3. The van der Waals surface area contributed by atoms with E-state index in [1.165, 1.54) is 9.80 Å². The van der Waals surface area contributed by atoms with E-state index in [-0.39, 0.29) is 18.4 Å². The molecule has 0 unspecified atom stereocenters. The normalized spacial score (nSPS) is 19.0. The van der Waals surface area contributed by atoms with Crippen molar-refractivity contribution in [3.63, 3.8) is 0 Å². The predicted octanol–water partition coefficient (Wildman–Crippen LogP) is 0.897. The van der Waals surface area contributed by atoms with Crippen LogP contribution in [0.1, 0.15) is 52.0 Å². The van der Waals surface area contributed by atoms with E-state index in [0.29, 0.717) is 38.6 Å². The summed E-state index contributed by atoms with van der Waals surface area (Å²) in [7, 11) is 6.84. The molecule has 3 rings (SSSR count). The van der Waals surface area contributed by atoms with E-state index in [4.69, 9.17) is 4.74 Å². The molecule has 1 aliphatic carbocycles. The largest absolute Gasteiger partial charge is 0.444 e. The fourth-order valence-corrected chi connectivity index (χ4v) is 5.01. The van der Waals surface area contributed by atoms with Crippen molar-refractivity contribution >= 4 is 29.7 Å². The second-order valence-electron chi connectivity index (χ2n) is 12.7. The van der Waals surface area contributed by atoms with Crippen LogP contribution in [0.15, 0.2) is 30.3 Å². The molecular formula is C30H46N6O6. The second kappa shape index (κ2) is 13.5. The molecule has 12 nitrogen and oxygen atoms in total. The smallest absolute Gasteiger partial charge is 0.408 e. The Kier molecular flexibility index (Phi) is 10.6. The topological polar surface area (TPSA) is 140 Å². The first kappa shape index (κ1) is 32.8. The van der Waals surface area contributed by atoms with Crippen molar-refractivity contribution in [2.45, 2.75) is 82.1 Å². The summed E-state index contributed by atoms with van der Waals surface area (Å²) in [4.78, 5) is 70.6. The van der Waals surface area contributed by atoms with Gasteiger partial charge in [0.15, 0.2) is 0 Å². The lowest BCUT2D eigenvalue weighted by Crippen LogP contribution is -2.60. The van der Waals surface area contributed by atoms with Crippen LogP contribution in [-0.4, -0.2) is 115 Å². The number of benzene rings is 1. The number of amides is 5. The average Bonchev–Trinajstić information content (AvgIpc) is 3.50. The molecule has 42 heavy (non-hydrogen) atoms. The molecule has 1 heterocycles. The number of likely N-dealkylation sites (N-methyl/N-ethyl adjacent to an activating group) is 2. The molecule has 12 heteroatoms. The SMILES string of the molecule is CN(C)C[C@H](NC(=O)OC(C)(C)C)C(=O)N1CCC[C@@H]1C(=O)NC1(C(=O)N[C@@H](Cc2ccccc2)C(=O)N(C)C)CC1. The second-order valence-corrected chi connectivity index (χ2v) is 12.7. The van der Waals surface area contributed by atoms with Gasteiger partial charge in [0.2, 0.25) is 23.6 Å². The minimum atomic E-state index is -1.13. The number of carbonyl (C=O) groups excluding carboxylic acids is 5. The maximum absolute atomic E-state index is 13.6. The lowest BCUT2D eigenvalue weighted by molar-refractivity contribution is -0.141. The molecule has 1 saturated heterocycles. The van der Waals surface area contributed by atoms with Crippen LogP contribution in [0.2, 0.25) is 0 Å². The van der Waals surface area contributed by atoms with Crippen LogP contribution >= 0.6 is 0 Å². The van der Waals surface area contributed by atoms with Gasteiger partial charge in [0.1, 0.15) is 29.3 Å². The third-order valence-electron chi connectivity index (χ3n) is 7.25. The molecule has 1 aromatic rings. The fraction of sp³-hybridized carbons (Fsp3) is 0.633. The summed E-state index contributed by atoms with van der Waals surface area (Å²) in [5, 5.41) is 8.41. The third-order valence-corrected chi connectivity index (χ3v) is 7.25. The van der Waals surface area contributed by atoms with Crippen molar-refractivity contribution in [2.24, 2.45) is 0 Å². The quantitative estimate of drug-likeness (QED) is 0.350. The number of alkyl carbamates (subject to hydrolysis) is 1. The highest BCUT2D eigenvalue weighted by Crippen LogP contribution is 2.36. The highest BCUT2D eigenvalue weighted by Gasteiger charge is 2.53. The first-order valence-electron chi connectivity index (χ1n) is 14.4. The number of nitrogens with one attached hydrogen (secondary N) is 3. The van der Waals surface area contributed by atoms with Crippen LogP contribution in [0.5, 0.6) is 0 Å². The van der Waals surface area contributed by atoms with Crippen molar-refractivity contribution in [1.29, 1.82) is 0 Å². The molecule has 2 aliphatic rings. The predicted molar refractivity (Wildman–Crippen MR) is 157 cm³/mol. The van der Waals surface area contributed by atoms with E-state index < -0.39 is 47.2 Å². The van der Waals surface area contributed by atoms with Crippen LogP contribution in [0.4, 0.5) is 4.79 Å². The minimum Gasteiger partial charge on any atom is -0.444 e. The van der Waals surface area contributed by atoms with E-state index in [0.717, 1.165) is 5.56 Å². The van der Waals surface area contributed by atoms with Crippen LogP contribution < -0.4 is 16.0 Å². The van der Waals surface area contributed by atoms with Crippen LogP contribution in [-0.2, 0) is 30.3 Å². The van der Waals surface area contributed by atoms with Crippen LogP contribution in [0.3, 0.4) is 0 Å². The number of nitrogens with zero attached hydrogens (tertiary/aromatic N) is 3. The highest BCUT2D eigenvalue weighted by atomic mass is 16.6. The molecular weight excluding hydrogens is 540 g/mol. The molecule has 0 radical (unpaired) electrons. The Morgan fingerprint density at radius 3 is 2.19 bits per heavy atom. The zero-order valence-corrected chi connectivity index (χ0v) is 25.9. The Balaban J connectivity index is 1.69. The van der Waals surface area contributed by atoms with Crippen LogP contribution in [0.25, 0.3) is 0 Å². The van der Waals surface area contributed by atoms with Crippen molar-refractivity contribution in [3.05, 3.63) is 35.9 Å². The van der Waals surface area contributed by atoms with Gasteiger partial charge in [-0.25, -0.2) is 4.79 Å². The van der Waals surface area contributed by atoms with E-state index >= 15 is 0 Å². The van der Waals surface area contributed by atoms with Gasteiger partial charge in [-0.3, -0.25) is 19.2 Å². The lowest BCUT2D eigenvalue weighted by atomic mass is 10.0. The van der Waals surface area contributed by atoms with E-state index in [9.17, 15) is 24.0 Å². The van der Waals surface area contributed by atoms with E-state index in [1.807, 2.05) is 30.3 Å². The first-order chi connectivity index (χ1) is 19.6. The highest BCUT2D eigenvalue weighted by molar-refractivity contribution is 5.99. The summed E-state index contributed by atoms with van der Waals surface area (Å²) in [5.41, 5.74) is -0.963. The number of carbonyl (C=O) groups is 5. The zero-order valence-electron chi connectivity index (χ0n) is 25.9. The summed E-state index contributed by atoms with van der Waals surface area (Å²) >= 11 is 0. The van der Waals surface area contributed by atoms with Gasteiger partial charge in [-0.05, 0) is 66.1 Å². The monoisotopic (exact) mass is 586 g/mol. The lowest BCUT2D eigenvalue weighted by Gasteiger charge is -2.31. The summed E-state index contributed by atoms with van der Waals surface area (Å²) in [6.07, 6.45) is 1.52. The minimum absolute atomic E-state index is 0.220. The van der Waals surface area contributed by atoms with Crippen LogP contribution in [0, 0.1) is 0 Å². The summed E-state index contributed by atoms with van der Waals surface area (Å²) in [5.74, 6) is -1.47. The van der Waals surface area contributed by atoms with Crippen molar-refractivity contribution in [3.8, 4) is 0 Å². The Bertz CT molecular complexity index is 1140. The van der Waals surface area contributed by atoms with Crippen molar-refractivity contribution in [1.82, 2.24) is 30.7 Å². The van der Waals surface area contributed by atoms with Gasteiger partial charge >= 0.3 is 6.09 Å². The Morgan fingerprint density at radius 1 is 1.00 bits per heavy atom. The summed E-state index contributed by atoms with van der Waals surface area (Å²) in [6.45, 7) is 5.78. The van der Waals surface area contributed by atoms with E-state index in [2.05, 4.69) is 16.0 Å². The average molecular weight is 587 g/mol. The molecule has 232 valence electrons. The van der Waals surface area contributed by atoms with Gasteiger partial charge in [-0.2, -0.15) is 0 Å².